The third kappa shape index (κ3) is 2.62. The van der Waals surface area contributed by atoms with Gasteiger partial charge in [-0.2, -0.15) is 0 Å². The van der Waals surface area contributed by atoms with Gasteiger partial charge in [0.25, 0.3) is 0 Å². The second-order valence-corrected chi connectivity index (χ2v) is 12.0. The van der Waals surface area contributed by atoms with Crippen LogP contribution in [0.4, 0.5) is 0 Å². The third-order valence-electron chi connectivity index (χ3n) is 10.2. The van der Waals surface area contributed by atoms with Crippen LogP contribution in [0.3, 0.4) is 0 Å². The minimum Gasteiger partial charge on any atom is -0.408 e. The first-order valence-electron chi connectivity index (χ1n) is 12.5. The second-order valence-electron chi connectivity index (χ2n) is 12.0. The molecule has 4 aliphatic carbocycles. The number of ether oxygens (including phenoxy) is 2. The van der Waals surface area contributed by atoms with Crippen molar-refractivity contribution in [2.45, 2.75) is 109 Å². The van der Waals surface area contributed by atoms with Gasteiger partial charge in [-0.3, -0.25) is 4.79 Å². The van der Waals surface area contributed by atoms with Crippen molar-refractivity contribution in [3.05, 3.63) is 0 Å². The molecule has 6 nitrogen and oxygen atoms in total. The Bertz CT molecular complexity index is 788. The SMILES string of the molecule is CCB1O[C@H]2C[C@H]3OC(C)(C)OC[C@]34[C@@H]3[C@@H](CC[C@@]4(C2)O1)[C@@H]1CCC(=O)[C@@]1(C)C[C@H]3O. The quantitative estimate of drug-likeness (QED) is 0.641. The fourth-order valence-corrected chi connectivity index (χ4v) is 9.03. The molecule has 2 spiro atoms. The normalized spacial score (nSPS) is 55.1. The Morgan fingerprint density at radius 1 is 1.19 bits per heavy atom. The Balaban J connectivity index is 1.48. The van der Waals surface area contributed by atoms with E-state index in [1.165, 1.54) is 0 Å². The van der Waals surface area contributed by atoms with Crippen LogP contribution >= 0.6 is 0 Å². The number of carbonyl (C=O) groups is 1. The topological polar surface area (TPSA) is 74.2 Å². The number of rotatable bonds is 1. The Morgan fingerprint density at radius 3 is 2.77 bits per heavy atom. The van der Waals surface area contributed by atoms with E-state index in [2.05, 4.69) is 13.8 Å². The molecule has 0 aromatic heterocycles. The number of aliphatic hydroxyl groups is 1. The minimum atomic E-state index is -0.655. The summed E-state index contributed by atoms with van der Waals surface area (Å²) in [7, 11) is -0.206. The highest BCUT2D eigenvalue weighted by molar-refractivity contribution is 6.44. The lowest BCUT2D eigenvalue weighted by molar-refractivity contribution is -0.398. The molecule has 31 heavy (non-hydrogen) atoms. The molecule has 0 aromatic carbocycles. The van der Waals surface area contributed by atoms with Gasteiger partial charge in [0.2, 0.25) is 0 Å². The maximum atomic E-state index is 12.9. The van der Waals surface area contributed by atoms with Gasteiger partial charge in [0.15, 0.2) is 5.79 Å². The van der Waals surface area contributed by atoms with Crippen LogP contribution in [0.2, 0.25) is 6.32 Å². The molecule has 0 unspecified atom stereocenters. The van der Waals surface area contributed by atoms with E-state index in [1.807, 2.05) is 13.8 Å². The summed E-state index contributed by atoms with van der Waals surface area (Å²) < 4.78 is 26.1. The summed E-state index contributed by atoms with van der Waals surface area (Å²) in [6.45, 7) is 8.73. The molecule has 0 radical (unpaired) electrons. The predicted molar refractivity (Wildman–Crippen MR) is 114 cm³/mol. The van der Waals surface area contributed by atoms with Crippen LogP contribution in [-0.2, 0) is 23.6 Å². The average Bonchev–Trinajstić information content (AvgIpc) is 3.00. The highest BCUT2D eigenvalue weighted by atomic mass is 16.7. The molecule has 2 saturated heterocycles. The van der Waals surface area contributed by atoms with Crippen LogP contribution in [0.5, 0.6) is 0 Å². The summed E-state index contributed by atoms with van der Waals surface area (Å²) in [4.78, 5) is 12.9. The first kappa shape index (κ1) is 21.1. The molecule has 2 aliphatic heterocycles. The van der Waals surface area contributed by atoms with Crippen molar-refractivity contribution < 1.29 is 28.7 Å². The number of aliphatic hydroxyl groups excluding tert-OH is 1. The van der Waals surface area contributed by atoms with E-state index in [9.17, 15) is 9.90 Å². The van der Waals surface area contributed by atoms with E-state index in [1.54, 1.807) is 0 Å². The summed E-state index contributed by atoms with van der Waals surface area (Å²) in [5.41, 5.74) is -1.17. The number of Topliss-reactive ketones (excluding diaryl/α,β-unsaturated/α-hetero) is 1. The van der Waals surface area contributed by atoms with Gasteiger partial charge in [-0.05, 0) is 64.1 Å². The average molecular weight is 432 g/mol. The first-order valence-corrected chi connectivity index (χ1v) is 12.5. The summed E-state index contributed by atoms with van der Waals surface area (Å²) in [6, 6.07) is 0. The smallest absolute Gasteiger partial charge is 0.408 e. The number of fused-ring (bicyclic) bond motifs is 4. The van der Waals surface area contributed by atoms with E-state index in [-0.39, 0.29) is 30.7 Å². The van der Waals surface area contributed by atoms with Gasteiger partial charge in [0.05, 0.1) is 29.8 Å². The zero-order chi connectivity index (χ0) is 21.8. The van der Waals surface area contributed by atoms with Crippen molar-refractivity contribution in [3.63, 3.8) is 0 Å². The van der Waals surface area contributed by atoms with Crippen LogP contribution in [-0.4, -0.2) is 54.3 Å². The lowest BCUT2D eigenvalue weighted by Gasteiger charge is -2.72. The molecule has 0 amide bonds. The molecule has 2 heterocycles. The summed E-state index contributed by atoms with van der Waals surface area (Å²) in [6.07, 6.45) is 6.10. The molecule has 6 aliphatic rings. The zero-order valence-corrected chi connectivity index (χ0v) is 19.4. The van der Waals surface area contributed by atoms with Gasteiger partial charge in [-0.15, -0.1) is 0 Å². The molecule has 0 aromatic rings. The van der Waals surface area contributed by atoms with Crippen LogP contribution in [0.1, 0.15) is 72.6 Å². The summed E-state index contributed by atoms with van der Waals surface area (Å²) >= 11 is 0. The third-order valence-corrected chi connectivity index (χ3v) is 10.2. The number of hydrogen-bond donors (Lipinski definition) is 1. The van der Waals surface area contributed by atoms with Gasteiger partial charge in [0.1, 0.15) is 5.78 Å². The molecule has 6 rings (SSSR count). The zero-order valence-electron chi connectivity index (χ0n) is 19.4. The monoisotopic (exact) mass is 432 g/mol. The maximum absolute atomic E-state index is 12.9. The Labute approximate surface area is 185 Å². The molecule has 172 valence electrons. The summed E-state index contributed by atoms with van der Waals surface area (Å²) in [5.74, 6) is 0.374. The fraction of sp³-hybridized carbons (Fsp3) is 0.958. The Morgan fingerprint density at radius 2 is 2.00 bits per heavy atom. The highest BCUT2D eigenvalue weighted by Gasteiger charge is 2.75. The number of ketones is 1. The highest BCUT2D eigenvalue weighted by Crippen LogP contribution is 2.70. The van der Waals surface area contributed by atoms with Crippen molar-refractivity contribution >= 4 is 12.9 Å². The minimum absolute atomic E-state index is 0.0304. The predicted octanol–water partition coefficient (Wildman–Crippen LogP) is 3.36. The molecule has 7 heteroatoms. The molecular weight excluding hydrogens is 395 g/mol. The fourth-order valence-electron chi connectivity index (χ4n) is 9.03. The number of hydrogen-bond acceptors (Lipinski definition) is 6. The molecule has 2 bridgehead atoms. The van der Waals surface area contributed by atoms with Gasteiger partial charge >= 0.3 is 7.12 Å². The van der Waals surface area contributed by atoms with Gasteiger partial charge in [0, 0.05) is 30.3 Å². The van der Waals surface area contributed by atoms with Crippen molar-refractivity contribution in [2.24, 2.45) is 28.6 Å². The molecule has 9 atom stereocenters. The van der Waals surface area contributed by atoms with E-state index in [0.29, 0.717) is 37.1 Å². The Hall–Kier alpha value is -0.465. The lowest BCUT2D eigenvalue weighted by atomic mass is 9.40. The van der Waals surface area contributed by atoms with Crippen LogP contribution in [0, 0.1) is 28.6 Å². The molecule has 1 N–H and O–H groups in total. The van der Waals surface area contributed by atoms with Crippen molar-refractivity contribution in [3.8, 4) is 0 Å². The van der Waals surface area contributed by atoms with Crippen LogP contribution in [0.15, 0.2) is 0 Å². The molecular formula is C24H37BO6. The lowest BCUT2D eigenvalue weighted by Crippen LogP contribution is -2.78. The van der Waals surface area contributed by atoms with E-state index >= 15 is 0 Å². The summed E-state index contributed by atoms with van der Waals surface area (Å²) in [5, 5.41) is 11.7. The van der Waals surface area contributed by atoms with Crippen LogP contribution in [0.25, 0.3) is 0 Å². The maximum Gasteiger partial charge on any atom is 0.457 e. The van der Waals surface area contributed by atoms with Gasteiger partial charge in [-0.25, -0.2) is 0 Å². The number of carbonyl (C=O) groups excluding carboxylic acids is 1. The molecule has 4 saturated carbocycles. The van der Waals surface area contributed by atoms with E-state index in [0.717, 1.165) is 38.4 Å². The Kier molecular flexibility index (Phi) is 4.47. The van der Waals surface area contributed by atoms with Crippen molar-refractivity contribution in [1.82, 2.24) is 0 Å². The van der Waals surface area contributed by atoms with Gasteiger partial charge < -0.3 is 23.9 Å². The standard InChI is InChI=1S/C24H37BO6/c1-5-25-30-14-10-19-24(13-28-21(2,3)29-19)20-15(8-9-23(24,11-14)31-25)16-6-7-18(27)22(16,4)12-17(20)26/h14-17,19-20,26H,5-13H2,1-4H3/t14-,15-,16-,17+,19+,20+,22-,23-,24+/m0/s1. The molecule has 6 fully saturated rings. The first-order chi connectivity index (χ1) is 14.6. The second kappa shape index (κ2) is 6.56. The van der Waals surface area contributed by atoms with Crippen molar-refractivity contribution in [2.75, 3.05) is 6.61 Å². The van der Waals surface area contributed by atoms with Crippen LogP contribution < -0.4 is 0 Å². The van der Waals surface area contributed by atoms with Crippen molar-refractivity contribution in [1.29, 1.82) is 0 Å². The van der Waals surface area contributed by atoms with E-state index < -0.39 is 22.9 Å². The van der Waals surface area contributed by atoms with Gasteiger partial charge in [-0.1, -0.05) is 13.8 Å². The van der Waals surface area contributed by atoms with E-state index in [4.69, 9.17) is 18.8 Å². The largest absolute Gasteiger partial charge is 0.457 e.